The average Bonchev–Trinajstić information content (AvgIpc) is 0.918. The topological polar surface area (TPSA) is 20.2 Å². The molecule has 8 heavy (non-hydrogen) atoms. The molecular formula is C2H6Cl3KOZn. The van der Waals surface area contributed by atoms with Crippen molar-refractivity contribution in [3.05, 3.63) is 0 Å². The van der Waals surface area contributed by atoms with Crippen LogP contribution in [0.4, 0.5) is 0 Å². The smallest absolute Gasteiger partial charge is 1.00 e. The Morgan fingerprint density at radius 1 is 1.12 bits per heavy atom. The molecule has 0 aromatic heterocycles. The van der Waals surface area contributed by atoms with Crippen molar-refractivity contribution >= 4 is 0 Å². The zero-order chi connectivity index (χ0) is 2.71. The number of hydrogen-bond donors (Lipinski definition) is 1. The largest absolute Gasteiger partial charge is 2.00 e. The fraction of sp³-hybridized carbons (Fsp3) is 1.00. The molecule has 0 atom stereocenters. The van der Waals surface area contributed by atoms with Gasteiger partial charge in [-0.15, -0.1) is 0 Å². The van der Waals surface area contributed by atoms with Gasteiger partial charge in [0.05, 0.1) is 0 Å². The quantitative estimate of drug-likeness (QED) is 0.427. The Kier molecular flexibility index (Phi) is 272. The summed E-state index contributed by atoms with van der Waals surface area (Å²) in [5.41, 5.74) is 0. The standard InChI is InChI=1S/C2H6O.3ClH.K.Zn/c1-2-3;;;;;/h3H,2H2,1H3;3*1H;;/q;;;;+1;+2/p-3. The summed E-state index contributed by atoms with van der Waals surface area (Å²) in [4.78, 5) is 0. The van der Waals surface area contributed by atoms with Gasteiger partial charge in [-0.1, -0.05) is 0 Å². The van der Waals surface area contributed by atoms with Crippen molar-refractivity contribution in [1.29, 1.82) is 0 Å². The Hall–Kier alpha value is 3.09. The molecule has 0 unspecified atom stereocenters. The van der Waals surface area contributed by atoms with Crippen LogP contribution in [0.15, 0.2) is 0 Å². The third kappa shape index (κ3) is 62.3. The first-order valence-electron chi connectivity index (χ1n) is 1.02. The first-order valence-corrected chi connectivity index (χ1v) is 1.02. The van der Waals surface area contributed by atoms with Crippen molar-refractivity contribution in [3.8, 4) is 0 Å². The second-order valence-corrected chi connectivity index (χ2v) is 0.316. The Morgan fingerprint density at radius 3 is 1.12 bits per heavy atom. The fourth-order valence-electron chi connectivity index (χ4n) is 0. The minimum absolute atomic E-state index is 0. The van der Waals surface area contributed by atoms with Crippen LogP contribution in [0.25, 0.3) is 0 Å². The van der Waals surface area contributed by atoms with Crippen LogP contribution in [-0.2, 0) is 19.5 Å². The van der Waals surface area contributed by atoms with E-state index in [0.29, 0.717) is 0 Å². The Labute approximate surface area is 124 Å². The van der Waals surface area contributed by atoms with Gasteiger partial charge in [-0.2, -0.15) is 0 Å². The molecule has 6 heteroatoms. The van der Waals surface area contributed by atoms with Gasteiger partial charge >= 0.3 is 70.9 Å². The summed E-state index contributed by atoms with van der Waals surface area (Å²) in [5.74, 6) is 0. The molecule has 0 aliphatic heterocycles. The number of halogens is 3. The van der Waals surface area contributed by atoms with E-state index in [9.17, 15) is 0 Å². The van der Waals surface area contributed by atoms with Gasteiger partial charge in [-0.25, -0.2) is 0 Å². The monoisotopic (exact) mass is 254 g/mol. The molecule has 0 saturated heterocycles. The van der Waals surface area contributed by atoms with E-state index in [1.807, 2.05) is 0 Å². The van der Waals surface area contributed by atoms with Gasteiger partial charge in [0.15, 0.2) is 0 Å². The molecule has 0 aromatic carbocycles. The summed E-state index contributed by atoms with van der Waals surface area (Å²) in [6.07, 6.45) is 0. The Morgan fingerprint density at radius 2 is 1.12 bits per heavy atom. The van der Waals surface area contributed by atoms with E-state index in [0.717, 1.165) is 0 Å². The maximum absolute atomic E-state index is 7.57. The molecule has 0 aliphatic rings. The van der Waals surface area contributed by atoms with E-state index in [1.165, 1.54) is 0 Å². The predicted molar refractivity (Wildman–Crippen MR) is 12.8 cm³/mol. The van der Waals surface area contributed by atoms with Crippen molar-refractivity contribution in [2.75, 3.05) is 6.61 Å². The number of aliphatic hydroxyl groups excluding tert-OH is 1. The molecule has 0 saturated carbocycles. The fourth-order valence-corrected chi connectivity index (χ4v) is 0. The summed E-state index contributed by atoms with van der Waals surface area (Å²) in [5, 5.41) is 7.57. The maximum atomic E-state index is 7.57. The van der Waals surface area contributed by atoms with Crippen molar-refractivity contribution in [2.45, 2.75) is 6.92 Å². The van der Waals surface area contributed by atoms with Gasteiger partial charge < -0.3 is 42.3 Å². The van der Waals surface area contributed by atoms with Gasteiger partial charge in [-0.3, -0.25) is 0 Å². The first-order chi connectivity index (χ1) is 1.41. The number of hydrogen-bond acceptors (Lipinski definition) is 1. The van der Waals surface area contributed by atoms with Crippen LogP contribution in [0.5, 0.6) is 0 Å². The summed E-state index contributed by atoms with van der Waals surface area (Å²) in [6, 6.07) is 0. The van der Waals surface area contributed by atoms with Crippen LogP contribution in [0.3, 0.4) is 0 Å². The molecule has 0 rings (SSSR count). The molecule has 0 fully saturated rings. The SMILES string of the molecule is CCO.[Cl-].[Cl-].[Cl-].[K+].[Zn+2]. The van der Waals surface area contributed by atoms with Gasteiger partial charge in [0.1, 0.15) is 0 Å². The number of aliphatic hydroxyl groups is 1. The molecule has 1 nitrogen and oxygen atoms in total. The summed E-state index contributed by atoms with van der Waals surface area (Å²) in [7, 11) is 0. The van der Waals surface area contributed by atoms with Crippen molar-refractivity contribution in [1.82, 2.24) is 0 Å². The van der Waals surface area contributed by atoms with E-state index in [1.54, 1.807) is 6.92 Å². The van der Waals surface area contributed by atoms with E-state index in [2.05, 4.69) is 0 Å². The summed E-state index contributed by atoms with van der Waals surface area (Å²) < 4.78 is 0. The van der Waals surface area contributed by atoms with Crippen LogP contribution < -0.4 is 88.6 Å². The van der Waals surface area contributed by atoms with Crippen LogP contribution in [0.1, 0.15) is 6.92 Å². The summed E-state index contributed by atoms with van der Waals surface area (Å²) >= 11 is 0. The molecule has 44 valence electrons. The Balaban J connectivity index is -0.00000000200. The van der Waals surface area contributed by atoms with Gasteiger partial charge in [0.2, 0.25) is 0 Å². The molecule has 0 heterocycles. The molecular weight excluding hydrogens is 251 g/mol. The van der Waals surface area contributed by atoms with Gasteiger partial charge in [0, 0.05) is 6.61 Å². The normalized spacial score (nSPS) is 2.25. The van der Waals surface area contributed by atoms with E-state index >= 15 is 0 Å². The molecule has 0 spiro atoms. The van der Waals surface area contributed by atoms with Crippen LogP contribution in [-0.4, -0.2) is 11.7 Å². The van der Waals surface area contributed by atoms with E-state index in [-0.39, 0.29) is 115 Å². The molecule has 0 aliphatic carbocycles. The van der Waals surface area contributed by atoms with Crippen LogP contribution >= 0.6 is 0 Å². The van der Waals surface area contributed by atoms with Crippen molar-refractivity contribution < 1.29 is 113 Å². The van der Waals surface area contributed by atoms with Crippen molar-refractivity contribution in [2.24, 2.45) is 0 Å². The van der Waals surface area contributed by atoms with Gasteiger partial charge in [0.25, 0.3) is 0 Å². The predicted octanol–water partition coefficient (Wildman–Crippen LogP) is -12.0. The second-order valence-electron chi connectivity index (χ2n) is 0.316. The summed E-state index contributed by atoms with van der Waals surface area (Å²) in [6.45, 7) is 1.93. The van der Waals surface area contributed by atoms with Crippen LogP contribution in [0, 0.1) is 0 Å². The minimum atomic E-state index is 0. The van der Waals surface area contributed by atoms with E-state index in [4.69, 9.17) is 5.11 Å². The number of rotatable bonds is 0. The first kappa shape index (κ1) is 43.6. The molecule has 0 radical (unpaired) electrons. The Bertz CT molecular complexity index is 17.2. The maximum Gasteiger partial charge on any atom is 2.00 e. The van der Waals surface area contributed by atoms with Crippen LogP contribution in [0.2, 0.25) is 0 Å². The average molecular weight is 257 g/mol. The molecule has 0 bridgehead atoms. The molecule has 0 aromatic rings. The zero-order valence-corrected chi connectivity index (χ0v) is 13.4. The van der Waals surface area contributed by atoms with E-state index < -0.39 is 0 Å². The van der Waals surface area contributed by atoms with Gasteiger partial charge in [-0.05, 0) is 6.92 Å². The minimum Gasteiger partial charge on any atom is -1.00 e. The molecule has 1 N–H and O–H groups in total. The zero-order valence-electron chi connectivity index (χ0n) is 5.00. The third-order valence-corrected chi connectivity index (χ3v) is 0. The second kappa shape index (κ2) is 49.8. The van der Waals surface area contributed by atoms with Crippen molar-refractivity contribution in [3.63, 3.8) is 0 Å². The molecule has 0 amide bonds. The third-order valence-electron chi connectivity index (χ3n) is 0.